The minimum atomic E-state index is -0.0972. The molecule has 0 aliphatic heterocycles. The van der Waals surface area contributed by atoms with Gasteiger partial charge in [-0.15, -0.1) is 0 Å². The molecule has 3 heteroatoms. The van der Waals surface area contributed by atoms with Crippen molar-refractivity contribution in [1.82, 2.24) is 5.43 Å². The third-order valence-electron chi connectivity index (χ3n) is 1.76. The van der Waals surface area contributed by atoms with Gasteiger partial charge in [-0.3, -0.25) is 15.6 Å². The number of rotatable bonds is 2. The molecule has 1 aromatic rings. The number of carbonyl (C=O) groups excluding carboxylic acids is 1. The first-order valence-electron chi connectivity index (χ1n) is 4.19. The fourth-order valence-electron chi connectivity index (χ4n) is 1.11. The monoisotopic (exact) mass is 178 g/mol. The quantitative estimate of drug-likeness (QED) is 0.677. The number of anilines is 1. The van der Waals surface area contributed by atoms with Crippen molar-refractivity contribution >= 4 is 11.6 Å². The Balaban J connectivity index is 2.72. The van der Waals surface area contributed by atoms with Crippen molar-refractivity contribution in [3.8, 4) is 0 Å². The zero-order valence-electron chi connectivity index (χ0n) is 8.14. The van der Waals surface area contributed by atoms with Crippen molar-refractivity contribution in [2.24, 2.45) is 0 Å². The molecule has 1 amide bonds. The second-order valence-electron chi connectivity index (χ2n) is 3.12. The van der Waals surface area contributed by atoms with Gasteiger partial charge in [0, 0.05) is 6.92 Å². The topological polar surface area (TPSA) is 41.1 Å². The highest BCUT2D eigenvalue weighted by Gasteiger charge is 1.97. The summed E-state index contributed by atoms with van der Waals surface area (Å²) in [6.45, 7) is 5.50. The third-order valence-corrected chi connectivity index (χ3v) is 1.76. The first kappa shape index (κ1) is 9.58. The Labute approximate surface area is 78.1 Å². The van der Waals surface area contributed by atoms with Crippen molar-refractivity contribution in [2.45, 2.75) is 20.8 Å². The summed E-state index contributed by atoms with van der Waals surface area (Å²) >= 11 is 0. The summed E-state index contributed by atoms with van der Waals surface area (Å²) in [5, 5.41) is 0. The molecule has 0 atom stereocenters. The highest BCUT2D eigenvalue weighted by molar-refractivity contribution is 5.74. The molecule has 0 spiro atoms. The maximum Gasteiger partial charge on any atom is 0.235 e. The van der Waals surface area contributed by atoms with Gasteiger partial charge in [-0.05, 0) is 25.5 Å². The van der Waals surface area contributed by atoms with Crippen molar-refractivity contribution in [3.05, 3.63) is 29.3 Å². The lowest BCUT2D eigenvalue weighted by molar-refractivity contribution is -0.118. The number of nitrogens with one attached hydrogen (secondary N) is 2. The zero-order chi connectivity index (χ0) is 9.84. The maximum atomic E-state index is 10.6. The number of hydrogen-bond donors (Lipinski definition) is 2. The SMILES string of the molecule is CC(=O)NNc1ccc(C)cc1C. The number of aryl methyl sites for hydroxylation is 2. The highest BCUT2D eigenvalue weighted by Crippen LogP contribution is 2.14. The van der Waals surface area contributed by atoms with Crippen LogP contribution in [-0.4, -0.2) is 5.91 Å². The van der Waals surface area contributed by atoms with Crippen LogP contribution in [0.5, 0.6) is 0 Å². The van der Waals surface area contributed by atoms with Crippen LogP contribution in [0.15, 0.2) is 18.2 Å². The van der Waals surface area contributed by atoms with Gasteiger partial charge in [-0.1, -0.05) is 17.7 Å². The molecule has 0 heterocycles. The molecule has 0 radical (unpaired) electrons. The van der Waals surface area contributed by atoms with E-state index in [9.17, 15) is 4.79 Å². The van der Waals surface area contributed by atoms with Gasteiger partial charge in [0.2, 0.25) is 5.91 Å². The molecule has 0 aromatic heterocycles. The molecule has 1 rings (SSSR count). The average Bonchev–Trinajstić information content (AvgIpc) is 2.02. The van der Waals surface area contributed by atoms with E-state index in [4.69, 9.17) is 0 Å². The van der Waals surface area contributed by atoms with Crippen LogP contribution in [-0.2, 0) is 4.79 Å². The van der Waals surface area contributed by atoms with Crippen LogP contribution in [0.1, 0.15) is 18.1 Å². The van der Waals surface area contributed by atoms with Gasteiger partial charge in [-0.25, -0.2) is 0 Å². The van der Waals surface area contributed by atoms with Crippen molar-refractivity contribution in [1.29, 1.82) is 0 Å². The summed E-state index contributed by atoms with van der Waals surface area (Å²) in [7, 11) is 0. The predicted molar refractivity (Wildman–Crippen MR) is 53.4 cm³/mol. The molecular weight excluding hydrogens is 164 g/mol. The second-order valence-corrected chi connectivity index (χ2v) is 3.12. The first-order chi connectivity index (χ1) is 6.09. The molecule has 3 nitrogen and oxygen atoms in total. The summed E-state index contributed by atoms with van der Waals surface area (Å²) in [5.74, 6) is -0.0972. The van der Waals surface area contributed by atoms with Crippen molar-refractivity contribution < 1.29 is 4.79 Å². The largest absolute Gasteiger partial charge is 0.298 e. The van der Waals surface area contributed by atoms with E-state index in [0.29, 0.717) is 0 Å². The van der Waals surface area contributed by atoms with Crippen molar-refractivity contribution in [2.75, 3.05) is 5.43 Å². The molecule has 0 saturated heterocycles. The lowest BCUT2D eigenvalue weighted by atomic mass is 10.1. The van der Waals surface area contributed by atoms with E-state index in [2.05, 4.69) is 16.9 Å². The Kier molecular flexibility index (Phi) is 2.90. The van der Waals surface area contributed by atoms with Crippen LogP contribution in [0.25, 0.3) is 0 Å². The molecule has 13 heavy (non-hydrogen) atoms. The molecule has 0 fully saturated rings. The van der Waals surface area contributed by atoms with Gasteiger partial charge in [-0.2, -0.15) is 0 Å². The molecule has 0 aliphatic rings. The number of amides is 1. The minimum absolute atomic E-state index is 0.0972. The van der Waals surface area contributed by atoms with E-state index in [1.807, 2.05) is 26.0 Å². The van der Waals surface area contributed by atoms with Crippen LogP contribution in [0, 0.1) is 13.8 Å². The maximum absolute atomic E-state index is 10.6. The Morgan fingerprint density at radius 1 is 1.31 bits per heavy atom. The normalized spacial score (nSPS) is 9.46. The minimum Gasteiger partial charge on any atom is -0.298 e. The van der Waals surface area contributed by atoms with Crippen LogP contribution < -0.4 is 10.9 Å². The Morgan fingerprint density at radius 2 is 2.00 bits per heavy atom. The van der Waals surface area contributed by atoms with E-state index in [-0.39, 0.29) is 5.91 Å². The molecule has 70 valence electrons. The first-order valence-corrected chi connectivity index (χ1v) is 4.19. The molecule has 0 bridgehead atoms. The molecule has 2 N–H and O–H groups in total. The van der Waals surface area contributed by atoms with E-state index in [0.717, 1.165) is 11.3 Å². The van der Waals surface area contributed by atoms with E-state index in [1.165, 1.54) is 12.5 Å². The van der Waals surface area contributed by atoms with Gasteiger partial charge in [0.1, 0.15) is 0 Å². The molecule has 0 aliphatic carbocycles. The van der Waals surface area contributed by atoms with Gasteiger partial charge >= 0.3 is 0 Å². The summed E-state index contributed by atoms with van der Waals surface area (Å²) in [4.78, 5) is 10.6. The standard InChI is InChI=1S/C10H14N2O/c1-7-4-5-10(8(2)6-7)12-11-9(3)13/h4-6,12H,1-3H3,(H,11,13). The van der Waals surface area contributed by atoms with Gasteiger partial charge < -0.3 is 0 Å². The Bertz CT molecular complexity index is 321. The van der Waals surface area contributed by atoms with Crippen molar-refractivity contribution in [3.63, 3.8) is 0 Å². The number of hydrogen-bond acceptors (Lipinski definition) is 2. The zero-order valence-corrected chi connectivity index (χ0v) is 8.14. The van der Waals surface area contributed by atoms with E-state index < -0.39 is 0 Å². The number of benzene rings is 1. The Hall–Kier alpha value is -1.51. The number of carbonyl (C=O) groups is 1. The van der Waals surface area contributed by atoms with E-state index >= 15 is 0 Å². The summed E-state index contributed by atoms with van der Waals surface area (Å²) in [6, 6.07) is 6.00. The molecule has 0 unspecified atom stereocenters. The fraction of sp³-hybridized carbons (Fsp3) is 0.300. The lowest BCUT2D eigenvalue weighted by Crippen LogP contribution is -2.26. The summed E-state index contributed by atoms with van der Waals surface area (Å²) in [5.41, 5.74) is 8.64. The van der Waals surface area contributed by atoms with Crippen LogP contribution in [0.4, 0.5) is 5.69 Å². The van der Waals surface area contributed by atoms with Crippen LogP contribution in [0.2, 0.25) is 0 Å². The second kappa shape index (κ2) is 3.94. The highest BCUT2D eigenvalue weighted by atomic mass is 16.2. The molecular formula is C10H14N2O. The Morgan fingerprint density at radius 3 is 2.54 bits per heavy atom. The lowest BCUT2D eigenvalue weighted by Gasteiger charge is -2.09. The van der Waals surface area contributed by atoms with Gasteiger partial charge in [0.05, 0.1) is 5.69 Å². The summed E-state index contributed by atoms with van der Waals surface area (Å²) < 4.78 is 0. The predicted octanol–water partition coefficient (Wildman–Crippen LogP) is 1.77. The third kappa shape index (κ3) is 2.78. The molecule has 1 aromatic carbocycles. The van der Waals surface area contributed by atoms with Gasteiger partial charge in [0.15, 0.2) is 0 Å². The molecule has 0 saturated carbocycles. The smallest absolute Gasteiger partial charge is 0.235 e. The van der Waals surface area contributed by atoms with Gasteiger partial charge in [0.25, 0.3) is 0 Å². The van der Waals surface area contributed by atoms with Crippen LogP contribution >= 0.6 is 0 Å². The van der Waals surface area contributed by atoms with E-state index in [1.54, 1.807) is 0 Å². The summed E-state index contributed by atoms with van der Waals surface area (Å²) in [6.07, 6.45) is 0. The van der Waals surface area contributed by atoms with Crippen LogP contribution in [0.3, 0.4) is 0 Å². The average molecular weight is 178 g/mol. The fourth-order valence-corrected chi connectivity index (χ4v) is 1.11. The number of hydrazine groups is 1.